The molecule has 15 heavy (non-hydrogen) atoms. The Morgan fingerprint density at radius 3 is 2.53 bits per heavy atom. The summed E-state index contributed by atoms with van der Waals surface area (Å²) in [7, 11) is 0. The Balaban J connectivity index is 2.65. The third-order valence-electron chi connectivity index (χ3n) is 2.33. The highest BCUT2D eigenvalue weighted by Gasteiger charge is 2.26. The van der Waals surface area contributed by atoms with Gasteiger partial charge in [0.25, 0.3) is 0 Å². The number of carboxylic acid groups (broad SMARTS) is 1. The summed E-state index contributed by atoms with van der Waals surface area (Å²) in [5, 5.41) is 8.98. The van der Waals surface area contributed by atoms with Crippen molar-refractivity contribution in [3.8, 4) is 0 Å². The van der Waals surface area contributed by atoms with Crippen molar-refractivity contribution in [2.75, 3.05) is 0 Å². The minimum Gasteiger partial charge on any atom is -0.481 e. The molecule has 0 amide bonds. The molecule has 0 unspecified atom stereocenters. The number of carboxylic acids is 1. The van der Waals surface area contributed by atoms with Gasteiger partial charge in [-0.2, -0.15) is 0 Å². The number of halogens is 2. The molecule has 0 saturated carbocycles. The molecule has 0 bridgehead atoms. The summed E-state index contributed by atoms with van der Waals surface area (Å²) < 4.78 is 2.15. The van der Waals surface area contributed by atoms with Crippen LogP contribution >= 0.6 is 43.2 Å². The first-order valence-corrected chi connectivity index (χ1v) is 6.90. The maximum Gasteiger partial charge on any atom is 0.309 e. The zero-order valence-electron chi connectivity index (χ0n) is 8.51. The molecular formula is C10H12Br2O2S. The molecule has 0 fully saturated rings. The Bertz CT molecular complexity index is 371. The second-order valence-corrected chi connectivity index (χ2v) is 7.79. The summed E-state index contributed by atoms with van der Waals surface area (Å²) in [5.41, 5.74) is 0.509. The van der Waals surface area contributed by atoms with E-state index in [1.165, 1.54) is 5.56 Å². The maximum absolute atomic E-state index is 10.9. The molecule has 0 radical (unpaired) electrons. The van der Waals surface area contributed by atoms with E-state index >= 15 is 0 Å². The molecule has 0 aliphatic rings. The van der Waals surface area contributed by atoms with E-state index in [0.29, 0.717) is 6.42 Å². The first-order chi connectivity index (χ1) is 6.83. The van der Waals surface area contributed by atoms with Gasteiger partial charge in [-0.05, 0) is 70.2 Å². The summed E-state index contributed by atoms with van der Waals surface area (Å²) >= 11 is 8.48. The van der Waals surface area contributed by atoms with Gasteiger partial charge in [-0.3, -0.25) is 4.79 Å². The van der Waals surface area contributed by atoms with Gasteiger partial charge in [-0.15, -0.1) is 11.3 Å². The van der Waals surface area contributed by atoms with Crippen molar-refractivity contribution >= 4 is 49.2 Å². The summed E-state index contributed by atoms with van der Waals surface area (Å²) in [6.07, 6.45) is 1.42. The van der Waals surface area contributed by atoms with Crippen molar-refractivity contribution in [2.45, 2.75) is 26.7 Å². The van der Waals surface area contributed by atoms with E-state index in [-0.39, 0.29) is 0 Å². The van der Waals surface area contributed by atoms with Crippen molar-refractivity contribution in [1.82, 2.24) is 0 Å². The Labute approximate surface area is 110 Å². The van der Waals surface area contributed by atoms with Gasteiger partial charge in [0.2, 0.25) is 0 Å². The van der Waals surface area contributed by atoms with Crippen molar-refractivity contribution in [3.63, 3.8) is 0 Å². The number of hydrogen-bond donors (Lipinski definition) is 1. The van der Waals surface area contributed by atoms with Gasteiger partial charge in [0, 0.05) is 0 Å². The maximum atomic E-state index is 10.9. The van der Waals surface area contributed by atoms with Crippen LogP contribution in [0, 0.1) is 5.41 Å². The average molecular weight is 356 g/mol. The molecule has 0 saturated heterocycles. The average Bonchev–Trinajstić information content (AvgIpc) is 2.41. The minimum atomic E-state index is -0.743. The summed E-state index contributed by atoms with van der Waals surface area (Å²) in [6, 6.07) is 2.03. The third-order valence-corrected chi connectivity index (χ3v) is 4.79. The number of thiophene rings is 1. The van der Waals surface area contributed by atoms with Crippen molar-refractivity contribution < 1.29 is 9.90 Å². The molecule has 0 aliphatic carbocycles. The number of carbonyl (C=O) groups is 1. The first kappa shape index (κ1) is 13.2. The summed E-state index contributed by atoms with van der Waals surface area (Å²) in [4.78, 5) is 10.9. The number of hydrogen-bond acceptors (Lipinski definition) is 2. The molecule has 1 aromatic heterocycles. The quantitative estimate of drug-likeness (QED) is 0.873. The fourth-order valence-electron chi connectivity index (χ4n) is 1.10. The van der Waals surface area contributed by atoms with Crippen LogP contribution in [0.25, 0.3) is 0 Å². The SMILES string of the molecule is CC(C)(CCc1cc(Br)sc1Br)C(=O)O. The smallest absolute Gasteiger partial charge is 0.309 e. The van der Waals surface area contributed by atoms with Crippen LogP contribution in [0.15, 0.2) is 13.6 Å². The highest BCUT2D eigenvalue weighted by molar-refractivity contribution is 9.12. The fraction of sp³-hybridized carbons (Fsp3) is 0.500. The zero-order valence-corrected chi connectivity index (χ0v) is 12.5. The molecule has 2 nitrogen and oxygen atoms in total. The predicted molar refractivity (Wildman–Crippen MR) is 69.5 cm³/mol. The highest BCUT2D eigenvalue weighted by Crippen LogP contribution is 2.34. The van der Waals surface area contributed by atoms with Gasteiger partial charge < -0.3 is 5.11 Å². The molecule has 0 aromatic carbocycles. The largest absolute Gasteiger partial charge is 0.481 e. The molecule has 84 valence electrons. The highest BCUT2D eigenvalue weighted by atomic mass is 79.9. The lowest BCUT2D eigenvalue weighted by Gasteiger charge is -2.18. The second-order valence-electron chi connectivity index (χ2n) is 4.04. The van der Waals surface area contributed by atoms with Crippen LogP contribution in [-0.4, -0.2) is 11.1 Å². The van der Waals surface area contributed by atoms with Gasteiger partial charge in [0.15, 0.2) is 0 Å². The van der Waals surface area contributed by atoms with Crippen LogP contribution in [0.4, 0.5) is 0 Å². The lowest BCUT2D eigenvalue weighted by Crippen LogP contribution is -2.24. The van der Waals surface area contributed by atoms with Crippen LogP contribution in [0.5, 0.6) is 0 Å². The first-order valence-electron chi connectivity index (χ1n) is 4.50. The van der Waals surface area contributed by atoms with Crippen molar-refractivity contribution in [1.29, 1.82) is 0 Å². The number of rotatable bonds is 4. The number of aliphatic carboxylic acids is 1. The van der Waals surface area contributed by atoms with E-state index < -0.39 is 11.4 Å². The Morgan fingerprint density at radius 2 is 2.13 bits per heavy atom. The van der Waals surface area contributed by atoms with Crippen LogP contribution in [0.3, 0.4) is 0 Å². The lowest BCUT2D eigenvalue weighted by atomic mass is 9.87. The van der Waals surface area contributed by atoms with E-state index in [1.807, 2.05) is 6.07 Å². The molecular weight excluding hydrogens is 344 g/mol. The normalized spacial score (nSPS) is 11.7. The minimum absolute atomic E-state index is 0.643. The summed E-state index contributed by atoms with van der Waals surface area (Å²) in [6.45, 7) is 3.51. The Kier molecular flexibility index (Phi) is 4.38. The van der Waals surface area contributed by atoms with Gasteiger partial charge in [-0.25, -0.2) is 0 Å². The van der Waals surface area contributed by atoms with Crippen LogP contribution in [0.1, 0.15) is 25.8 Å². The monoisotopic (exact) mass is 354 g/mol. The van der Waals surface area contributed by atoms with Gasteiger partial charge >= 0.3 is 5.97 Å². The fourth-order valence-corrected chi connectivity index (χ4v) is 4.01. The third kappa shape index (κ3) is 3.57. The molecule has 0 spiro atoms. The van der Waals surface area contributed by atoms with Crippen molar-refractivity contribution in [2.24, 2.45) is 5.41 Å². The van der Waals surface area contributed by atoms with Crippen molar-refractivity contribution in [3.05, 3.63) is 19.2 Å². The van der Waals surface area contributed by atoms with E-state index in [2.05, 4.69) is 31.9 Å². The topological polar surface area (TPSA) is 37.3 Å². The molecule has 0 atom stereocenters. The van der Waals surface area contributed by atoms with Crippen LogP contribution in [0.2, 0.25) is 0 Å². The zero-order chi connectivity index (χ0) is 11.6. The van der Waals surface area contributed by atoms with Crippen LogP contribution in [-0.2, 0) is 11.2 Å². The second kappa shape index (κ2) is 4.97. The molecule has 1 rings (SSSR count). The Morgan fingerprint density at radius 1 is 1.53 bits per heavy atom. The lowest BCUT2D eigenvalue weighted by molar-refractivity contribution is -0.147. The van der Waals surface area contributed by atoms with Gasteiger partial charge in [-0.1, -0.05) is 0 Å². The van der Waals surface area contributed by atoms with Crippen LogP contribution < -0.4 is 0 Å². The van der Waals surface area contributed by atoms with E-state index in [4.69, 9.17) is 5.11 Å². The number of aryl methyl sites for hydroxylation is 1. The van der Waals surface area contributed by atoms with E-state index in [0.717, 1.165) is 14.0 Å². The predicted octanol–water partition coefficient (Wildman–Crippen LogP) is 4.32. The van der Waals surface area contributed by atoms with Gasteiger partial charge in [0.1, 0.15) is 0 Å². The van der Waals surface area contributed by atoms with E-state index in [9.17, 15) is 4.79 Å². The Hall–Kier alpha value is 0.130. The standard InChI is InChI=1S/C10H12Br2O2S/c1-10(2,9(13)14)4-3-6-5-7(11)15-8(6)12/h5H,3-4H2,1-2H3,(H,13,14). The van der Waals surface area contributed by atoms with E-state index in [1.54, 1.807) is 25.2 Å². The molecule has 1 heterocycles. The molecule has 5 heteroatoms. The molecule has 1 aromatic rings. The molecule has 1 N–H and O–H groups in total. The van der Waals surface area contributed by atoms with Gasteiger partial charge in [0.05, 0.1) is 13.0 Å². The molecule has 0 aliphatic heterocycles. The summed E-state index contributed by atoms with van der Waals surface area (Å²) in [5.74, 6) is -0.743.